The van der Waals surface area contributed by atoms with Crippen LogP contribution in [0.2, 0.25) is 5.02 Å². The minimum atomic E-state index is 0.238. The number of nitroso groups, excluding NO2 is 1. The van der Waals surface area contributed by atoms with Crippen LogP contribution in [0, 0.1) is 4.91 Å². The topological polar surface area (TPSA) is 46.1 Å². The minimum Gasteiger partial charge on any atom is -0.159 e. The first-order valence-corrected chi connectivity index (χ1v) is 3.06. The van der Waals surface area contributed by atoms with Gasteiger partial charge in [0.25, 0.3) is 0 Å². The smallest absolute Gasteiger partial charge is 0.159 e. The maximum atomic E-state index is 10.5. The Morgan fingerprint density at radius 2 is 2.00 bits per heavy atom. The van der Waals surface area contributed by atoms with Crippen molar-refractivity contribution in [3.8, 4) is 0 Å². The van der Waals surface area contributed by atoms with Crippen LogP contribution in [0.25, 0.3) is 0 Å². The van der Waals surface area contributed by atoms with Gasteiger partial charge in [-0.05, 0) is 6.07 Å². The minimum absolute atomic E-state index is 0.238. The molecule has 0 heterocycles. The van der Waals surface area contributed by atoms with E-state index in [0.29, 0.717) is 5.02 Å². The van der Waals surface area contributed by atoms with Crippen LogP contribution in [0.4, 0.5) is 5.69 Å². The molecule has 0 saturated heterocycles. The highest BCUT2D eigenvalue weighted by atomic mass is 35.5. The number of benzene rings is 1. The fraction of sp³-hybridized carbons (Fsp3) is 0. The number of rotatable bonds is 1. The van der Waals surface area contributed by atoms with Crippen molar-refractivity contribution in [2.45, 2.75) is 0 Å². The second kappa shape index (κ2) is 2.66. The Morgan fingerprint density at radius 1 is 1.40 bits per heavy atom. The van der Waals surface area contributed by atoms with Crippen LogP contribution in [0.1, 0.15) is 0 Å². The lowest BCUT2D eigenvalue weighted by atomic mass is 10.3. The lowest BCUT2D eigenvalue weighted by Gasteiger charge is -1.87. The van der Waals surface area contributed by atoms with Crippen molar-refractivity contribution in [1.29, 1.82) is 0 Å². The number of hydrogen-bond acceptors (Lipinski definition) is 1. The highest BCUT2D eigenvalue weighted by Crippen LogP contribution is 2.20. The Morgan fingerprint density at radius 3 is 2.40 bits per heavy atom. The number of hydrazine groups is 1. The third-order valence-corrected chi connectivity index (χ3v) is 1.41. The standard InChI is InChI=1S/C6H6ClN2O/c7-5-3-1-2-4-6(5)9(8)10/h1-4H,(H2,8,10)/q+1. The van der Waals surface area contributed by atoms with E-state index in [2.05, 4.69) is 0 Å². The van der Waals surface area contributed by atoms with E-state index >= 15 is 0 Å². The van der Waals surface area contributed by atoms with Crippen LogP contribution in [-0.2, 0) is 0 Å². The molecule has 0 radical (unpaired) electrons. The molecular formula is C6H6ClN2O+. The van der Waals surface area contributed by atoms with Crippen molar-refractivity contribution in [2.24, 2.45) is 5.84 Å². The SMILES string of the molecule is N[N+](=O)c1ccccc1Cl. The van der Waals surface area contributed by atoms with Crippen LogP contribution in [0.3, 0.4) is 0 Å². The van der Waals surface area contributed by atoms with Gasteiger partial charge in [0.1, 0.15) is 5.02 Å². The highest BCUT2D eigenvalue weighted by molar-refractivity contribution is 6.32. The lowest BCUT2D eigenvalue weighted by molar-refractivity contribution is -0.474. The molecule has 0 aliphatic rings. The van der Waals surface area contributed by atoms with E-state index in [1.54, 1.807) is 24.3 Å². The van der Waals surface area contributed by atoms with Gasteiger partial charge < -0.3 is 0 Å². The van der Waals surface area contributed by atoms with Gasteiger partial charge in [0.2, 0.25) is 0 Å². The maximum absolute atomic E-state index is 10.5. The van der Waals surface area contributed by atoms with Gasteiger partial charge in [0, 0.05) is 6.07 Å². The van der Waals surface area contributed by atoms with E-state index in [4.69, 9.17) is 17.4 Å². The van der Waals surface area contributed by atoms with Gasteiger partial charge in [-0.3, -0.25) is 0 Å². The number of halogens is 1. The van der Waals surface area contributed by atoms with Gasteiger partial charge in [-0.1, -0.05) is 23.7 Å². The zero-order valence-electron chi connectivity index (χ0n) is 5.12. The Labute approximate surface area is 62.9 Å². The Kier molecular flexibility index (Phi) is 1.87. The molecule has 10 heavy (non-hydrogen) atoms. The molecule has 52 valence electrons. The van der Waals surface area contributed by atoms with Crippen molar-refractivity contribution in [1.82, 2.24) is 0 Å². The summed E-state index contributed by atoms with van der Waals surface area (Å²) in [5.41, 5.74) is 0.282. The number of para-hydroxylation sites is 1. The van der Waals surface area contributed by atoms with Gasteiger partial charge in [0.15, 0.2) is 4.87 Å². The number of nitrogens with two attached hydrogens (primary N) is 1. The molecule has 0 aromatic heterocycles. The Balaban J connectivity index is 3.15. The largest absolute Gasteiger partial charge is 0.310 e. The Hall–Kier alpha value is -1.09. The van der Waals surface area contributed by atoms with Crippen LogP contribution in [-0.4, -0.2) is 4.87 Å². The average Bonchev–Trinajstić information content (AvgIpc) is 1.88. The molecule has 0 amide bonds. The van der Waals surface area contributed by atoms with Crippen molar-refractivity contribution in [3.63, 3.8) is 0 Å². The van der Waals surface area contributed by atoms with Gasteiger partial charge in [-0.25, -0.2) is 0 Å². The summed E-state index contributed by atoms with van der Waals surface area (Å²) < 4.78 is 0. The predicted molar refractivity (Wildman–Crippen MR) is 38.9 cm³/mol. The molecule has 4 heteroatoms. The summed E-state index contributed by atoms with van der Waals surface area (Å²) in [6, 6.07) is 6.58. The highest BCUT2D eigenvalue weighted by Gasteiger charge is 2.11. The molecule has 1 aromatic rings. The molecule has 1 aromatic carbocycles. The van der Waals surface area contributed by atoms with Crippen molar-refractivity contribution in [2.75, 3.05) is 0 Å². The first-order valence-electron chi connectivity index (χ1n) is 2.68. The van der Waals surface area contributed by atoms with Crippen molar-refractivity contribution < 1.29 is 4.87 Å². The summed E-state index contributed by atoms with van der Waals surface area (Å²) in [5.74, 6) is 4.91. The molecule has 0 fully saturated rings. The molecule has 0 atom stereocenters. The quantitative estimate of drug-likeness (QED) is 0.383. The maximum Gasteiger partial charge on any atom is 0.310 e. The molecule has 0 bridgehead atoms. The van der Waals surface area contributed by atoms with Gasteiger partial charge in [-0.15, -0.1) is 0 Å². The van der Waals surface area contributed by atoms with E-state index in [-0.39, 0.29) is 10.6 Å². The summed E-state index contributed by atoms with van der Waals surface area (Å²) in [6.45, 7) is 0. The summed E-state index contributed by atoms with van der Waals surface area (Å²) in [4.78, 5) is 10.7. The third-order valence-electron chi connectivity index (χ3n) is 1.09. The Bertz CT molecular complexity index is 262. The second-order valence-electron chi connectivity index (χ2n) is 1.78. The monoisotopic (exact) mass is 157 g/mol. The molecule has 1 rings (SSSR count). The summed E-state index contributed by atoms with van der Waals surface area (Å²) in [6.07, 6.45) is 0. The zero-order valence-corrected chi connectivity index (χ0v) is 5.88. The molecule has 0 spiro atoms. The molecule has 0 aliphatic heterocycles. The van der Waals surface area contributed by atoms with E-state index in [9.17, 15) is 4.91 Å². The third kappa shape index (κ3) is 1.25. The first-order chi connectivity index (χ1) is 4.72. The number of nitrogens with zero attached hydrogens (tertiary/aromatic N) is 1. The summed E-state index contributed by atoms with van der Waals surface area (Å²) in [5, 5.41) is 0.361. The normalized spacial score (nSPS) is 9.30. The van der Waals surface area contributed by atoms with Crippen LogP contribution >= 0.6 is 11.6 Å². The average molecular weight is 158 g/mol. The van der Waals surface area contributed by atoms with Gasteiger partial charge in [-0.2, -0.15) is 5.84 Å². The van der Waals surface area contributed by atoms with E-state index in [0.717, 1.165) is 0 Å². The molecule has 0 unspecified atom stereocenters. The summed E-state index contributed by atoms with van der Waals surface area (Å²) in [7, 11) is 0. The first kappa shape index (κ1) is 7.02. The molecule has 2 N–H and O–H groups in total. The molecular weight excluding hydrogens is 152 g/mol. The zero-order chi connectivity index (χ0) is 7.56. The summed E-state index contributed by atoms with van der Waals surface area (Å²) >= 11 is 5.60. The van der Waals surface area contributed by atoms with E-state index in [1.165, 1.54) is 0 Å². The molecule has 0 aliphatic carbocycles. The van der Waals surface area contributed by atoms with Crippen molar-refractivity contribution in [3.05, 3.63) is 34.2 Å². The fourth-order valence-corrected chi connectivity index (χ4v) is 0.849. The molecule has 0 saturated carbocycles. The second-order valence-corrected chi connectivity index (χ2v) is 2.18. The molecule has 3 nitrogen and oxygen atoms in total. The fourth-order valence-electron chi connectivity index (χ4n) is 0.630. The van der Waals surface area contributed by atoms with Crippen LogP contribution in [0.15, 0.2) is 24.3 Å². The predicted octanol–water partition coefficient (Wildman–Crippen LogP) is 1.62. The van der Waals surface area contributed by atoms with Crippen molar-refractivity contribution >= 4 is 17.3 Å². The van der Waals surface area contributed by atoms with Crippen LogP contribution < -0.4 is 5.84 Å². The lowest BCUT2D eigenvalue weighted by Crippen LogP contribution is -2.08. The van der Waals surface area contributed by atoms with Gasteiger partial charge in [0.05, 0.1) is 4.91 Å². The number of hydrogen-bond donors (Lipinski definition) is 1. The van der Waals surface area contributed by atoms with Crippen LogP contribution in [0.5, 0.6) is 0 Å². The van der Waals surface area contributed by atoms with E-state index in [1.807, 2.05) is 0 Å². The van der Waals surface area contributed by atoms with E-state index < -0.39 is 0 Å². The van der Waals surface area contributed by atoms with Gasteiger partial charge >= 0.3 is 5.69 Å².